The molecule has 1 aliphatic heterocycles. The summed E-state index contributed by atoms with van der Waals surface area (Å²) < 4.78 is 0. The second-order valence-electron chi connectivity index (χ2n) is 7.07. The molecular weight excluding hydrogens is 352 g/mol. The van der Waals surface area contributed by atoms with Gasteiger partial charge < -0.3 is 21.1 Å². The molecule has 144 valence electrons. The van der Waals surface area contributed by atoms with Gasteiger partial charge in [-0.3, -0.25) is 0 Å². The number of carboxylic acid groups (broad SMARTS) is 1. The highest BCUT2D eigenvalue weighted by Gasteiger charge is 2.18. The van der Waals surface area contributed by atoms with Crippen molar-refractivity contribution < 1.29 is 9.90 Å². The third-order valence-electron chi connectivity index (χ3n) is 5.18. The summed E-state index contributed by atoms with van der Waals surface area (Å²) in [5, 5.41) is 13.8. The average molecular weight is 376 g/mol. The molecule has 6 nitrogen and oxygen atoms in total. The predicted molar refractivity (Wildman–Crippen MR) is 112 cm³/mol. The molecule has 0 atom stereocenters. The van der Waals surface area contributed by atoms with Gasteiger partial charge in [-0.15, -0.1) is 0 Å². The highest BCUT2D eigenvalue weighted by atomic mass is 16.4. The molecule has 1 aliphatic rings. The van der Waals surface area contributed by atoms with Crippen LogP contribution in [0.25, 0.3) is 10.9 Å². The lowest BCUT2D eigenvalue weighted by atomic mass is 10.0. The van der Waals surface area contributed by atoms with Gasteiger partial charge in [-0.25, -0.2) is 9.78 Å². The number of aromatic carboxylic acids is 1. The lowest BCUT2D eigenvalue weighted by Crippen LogP contribution is -2.24. The van der Waals surface area contributed by atoms with Crippen molar-refractivity contribution in [2.45, 2.75) is 19.4 Å². The zero-order valence-corrected chi connectivity index (χ0v) is 15.7. The van der Waals surface area contributed by atoms with Gasteiger partial charge in [-0.1, -0.05) is 24.3 Å². The molecule has 0 spiro atoms. The lowest BCUT2D eigenvalue weighted by molar-refractivity contribution is 0.0696. The fourth-order valence-electron chi connectivity index (χ4n) is 3.77. The Morgan fingerprint density at radius 2 is 2.04 bits per heavy atom. The molecule has 0 radical (unpaired) electrons. The largest absolute Gasteiger partial charge is 0.478 e. The molecule has 6 heteroatoms. The van der Waals surface area contributed by atoms with E-state index >= 15 is 0 Å². The van der Waals surface area contributed by atoms with Gasteiger partial charge in [0, 0.05) is 43.3 Å². The van der Waals surface area contributed by atoms with Gasteiger partial charge >= 0.3 is 5.97 Å². The topological polar surface area (TPSA) is 91.5 Å². The van der Waals surface area contributed by atoms with Crippen molar-refractivity contribution in [2.24, 2.45) is 5.73 Å². The van der Waals surface area contributed by atoms with Crippen LogP contribution in [0.15, 0.2) is 48.5 Å². The number of carbonyl (C=O) groups is 1. The Kier molecular flexibility index (Phi) is 5.12. The number of anilines is 2. The molecule has 0 unspecified atom stereocenters. The highest BCUT2D eigenvalue weighted by Crippen LogP contribution is 2.30. The van der Waals surface area contributed by atoms with Crippen LogP contribution in [-0.4, -0.2) is 35.7 Å². The Hall–Kier alpha value is -3.12. The molecule has 0 bridgehead atoms. The summed E-state index contributed by atoms with van der Waals surface area (Å²) in [4.78, 5) is 18.5. The number of para-hydroxylation sites is 1. The maximum Gasteiger partial charge on any atom is 0.335 e. The molecule has 0 aliphatic carbocycles. The number of hydrogen-bond acceptors (Lipinski definition) is 5. The second kappa shape index (κ2) is 7.86. The predicted octanol–water partition coefficient (Wildman–Crippen LogP) is 3.26. The summed E-state index contributed by atoms with van der Waals surface area (Å²) in [6.45, 7) is 2.77. The van der Waals surface area contributed by atoms with Gasteiger partial charge in [-0.2, -0.15) is 0 Å². The van der Waals surface area contributed by atoms with E-state index in [-0.39, 0.29) is 0 Å². The van der Waals surface area contributed by atoms with Crippen LogP contribution in [-0.2, 0) is 13.0 Å². The quantitative estimate of drug-likeness (QED) is 0.633. The van der Waals surface area contributed by atoms with Crippen LogP contribution in [0.4, 0.5) is 11.5 Å². The van der Waals surface area contributed by atoms with E-state index in [1.165, 1.54) is 5.56 Å². The Labute approximate surface area is 164 Å². The number of aryl methyl sites for hydroxylation is 1. The van der Waals surface area contributed by atoms with Crippen LogP contribution in [0.5, 0.6) is 0 Å². The first-order valence-electron chi connectivity index (χ1n) is 9.59. The Balaban J connectivity index is 1.73. The number of nitrogens with zero attached hydrogens (tertiary/aromatic N) is 2. The lowest BCUT2D eigenvalue weighted by Gasteiger charge is -2.24. The number of pyridine rings is 1. The van der Waals surface area contributed by atoms with E-state index in [1.54, 1.807) is 12.1 Å². The number of nitrogens with one attached hydrogen (secondary N) is 1. The Morgan fingerprint density at radius 3 is 2.86 bits per heavy atom. The van der Waals surface area contributed by atoms with Gasteiger partial charge in [0.1, 0.15) is 5.82 Å². The van der Waals surface area contributed by atoms with Crippen LogP contribution < -0.4 is 16.0 Å². The first-order chi connectivity index (χ1) is 13.7. The normalized spacial score (nSPS) is 13.8. The fourth-order valence-corrected chi connectivity index (χ4v) is 3.77. The van der Waals surface area contributed by atoms with E-state index in [0.717, 1.165) is 47.4 Å². The van der Waals surface area contributed by atoms with Gasteiger partial charge in [0.05, 0.1) is 11.1 Å². The molecule has 28 heavy (non-hydrogen) atoms. The number of fused-ring (bicyclic) bond motifs is 2. The molecular formula is C22H24N4O2. The third-order valence-corrected chi connectivity index (χ3v) is 5.18. The summed E-state index contributed by atoms with van der Waals surface area (Å²) >= 11 is 0. The number of benzene rings is 2. The minimum Gasteiger partial charge on any atom is -0.478 e. The zero-order valence-electron chi connectivity index (χ0n) is 15.7. The van der Waals surface area contributed by atoms with Crippen LogP contribution in [0.3, 0.4) is 0 Å². The van der Waals surface area contributed by atoms with Crippen LogP contribution in [0, 0.1) is 0 Å². The first kappa shape index (κ1) is 18.3. The summed E-state index contributed by atoms with van der Waals surface area (Å²) in [5.41, 5.74) is 10.2. The van der Waals surface area contributed by atoms with Crippen LogP contribution in [0.1, 0.15) is 27.9 Å². The Morgan fingerprint density at radius 1 is 1.18 bits per heavy atom. The van der Waals surface area contributed by atoms with Crippen molar-refractivity contribution in [1.82, 2.24) is 4.98 Å². The molecule has 3 aromatic rings. The fraction of sp³-hybridized carbons (Fsp3) is 0.273. The van der Waals surface area contributed by atoms with E-state index < -0.39 is 5.97 Å². The van der Waals surface area contributed by atoms with E-state index in [0.29, 0.717) is 25.2 Å². The van der Waals surface area contributed by atoms with Gasteiger partial charge in [0.25, 0.3) is 0 Å². The second-order valence-corrected chi connectivity index (χ2v) is 7.07. The monoisotopic (exact) mass is 376 g/mol. The zero-order chi connectivity index (χ0) is 19.5. The highest BCUT2D eigenvalue weighted by molar-refractivity contribution is 5.93. The van der Waals surface area contributed by atoms with Crippen molar-refractivity contribution >= 4 is 28.4 Å². The van der Waals surface area contributed by atoms with Crippen LogP contribution in [0.2, 0.25) is 0 Å². The van der Waals surface area contributed by atoms with Crippen molar-refractivity contribution in [3.8, 4) is 0 Å². The maximum atomic E-state index is 11.4. The molecule has 4 rings (SSSR count). The summed E-state index contributed by atoms with van der Waals surface area (Å²) in [6, 6.07) is 15.6. The number of rotatable bonds is 5. The van der Waals surface area contributed by atoms with Crippen molar-refractivity contribution in [3.05, 3.63) is 65.2 Å². The van der Waals surface area contributed by atoms with E-state index in [9.17, 15) is 9.90 Å². The minimum absolute atomic E-state index is 0.331. The summed E-state index contributed by atoms with van der Waals surface area (Å²) in [6.07, 6.45) is 1.94. The number of hydrogen-bond donors (Lipinski definition) is 3. The number of nitrogens with two attached hydrogens (primary N) is 1. The molecule has 2 heterocycles. The van der Waals surface area contributed by atoms with Gasteiger partial charge in [0.15, 0.2) is 0 Å². The average Bonchev–Trinajstić information content (AvgIpc) is 2.93. The molecule has 2 aromatic carbocycles. The smallest absolute Gasteiger partial charge is 0.335 e. The van der Waals surface area contributed by atoms with E-state index in [2.05, 4.69) is 22.3 Å². The van der Waals surface area contributed by atoms with Crippen LogP contribution >= 0.6 is 0 Å². The molecule has 4 N–H and O–H groups in total. The number of aromatic nitrogens is 1. The minimum atomic E-state index is -0.893. The van der Waals surface area contributed by atoms with E-state index in [4.69, 9.17) is 10.7 Å². The molecule has 0 fully saturated rings. The van der Waals surface area contributed by atoms with Crippen molar-refractivity contribution in [1.29, 1.82) is 0 Å². The van der Waals surface area contributed by atoms with Crippen molar-refractivity contribution in [2.75, 3.05) is 29.9 Å². The maximum absolute atomic E-state index is 11.4. The third kappa shape index (κ3) is 3.64. The molecule has 0 saturated heterocycles. The van der Waals surface area contributed by atoms with Crippen molar-refractivity contribution in [3.63, 3.8) is 0 Å². The SMILES string of the molecule is NCCNc1cc(N2CCCc3ccc(C(=O)O)cc3C2)nc2ccccc12. The summed E-state index contributed by atoms with van der Waals surface area (Å²) in [7, 11) is 0. The summed E-state index contributed by atoms with van der Waals surface area (Å²) in [5.74, 6) is 0.00231. The molecule has 0 amide bonds. The van der Waals surface area contributed by atoms with E-state index in [1.807, 2.05) is 24.3 Å². The molecule has 1 aromatic heterocycles. The first-order valence-corrected chi connectivity index (χ1v) is 9.59. The van der Waals surface area contributed by atoms with Gasteiger partial charge in [0.2, 0.25) is 0 Å². The molecule has 0 saturated carbocycles. The standard InChI is InChI=1S/C22H24N4O2/c23-9-10-24-20-13-21(25-19-6-2-1-5-18(19)20)26-11-3-4-15-7-8-16(22(27)28)12-17(15)14-26/h1-2,5-8,12-13H,3-4,9-11,14,23H2,(H,24,25)(H,27,28). The van der Waals surface area contributed by atoms with Gasteiger partial charge in [-0.05, 0) is 42.2 Å². The Bertz CT molecular complexity index is 1020. The number of carboxylic acids is 1.